The lowest BCUT2D eigenvalue weighted by atomic mass is 10.2. The van der Waals surface area contributed by atoms with Crippen LogP contribution in [0.2, 0.25) is 0 Å². The predicted molar refractivity (Wildman–Crippen MR) is 74.0 cm³/mol. The van der Waals surface area contributed by atoms with Crippen molar-refractivity contribution in [3.8, 4) is 11.6 Å². The number of aromatic nitrogens is 2. The number of carbonyl (C=O) groups excluding carboxylic acids is 1. The van der Waals surface area contributed by atoms with Crippen molar-refractivity contribution in [2.24, 2.45) is 5.92 Å². The van der Waals surface area contributed by atoms with Crippen LogP contribution >= 0.6 is 0 Å². The Hall–Kier alpha value is -2.10. The van der Waals surface area contributed by atoms with Gasteiger partial charge < -0.3 is 4.74 Å². The Morgan fingerprint density at radius 3 is 2.58 bits per heavy atom. The first-order chi connectivity index (χ1) is 9.13. The fourth-order valence-corrected chi connectivity index (χ4v) is 1.78. The first-order valence-electron chi connectivity index (χ1n) is 6.36. The summed E-state index contributed by atoms with van der Waals surface area (Å²) in [5.41, 5.74) is 2.08. The first-order valence-corrected chi connectivity index (χ1v) is 6.36. The SMILES string of the molecule is Cc1nn(-c2ccccc2)c(OCC(C)C)c1C=O. The van der Waals surface area contributed by atoms with Gasteiger partial charge in [-0.25, -0.2) is 4.68 Å². The molecule has 0 saturated heterocycles. The fourth-order valence-electron chi connectivity index (χ4n) is 1.78. The maximum Gasteiger partial charge on any atom is 0.227 e. The quantitative estimate of drug-likeness (QED) is 0.774. The van der Waals surface area contributed by atoms with Gasteiger partial charge >= 0.3 is 0 Å². The van der Waals surface area contributed by atoms with Gasteiger partial charge in [-0.15, -0.1) is 0 Å². The molecule has 0 fully saturated rings. The molecular weight excluding hydrogens is 240 g/mol. The molecule has 100 valence electrons. The van der Waals surface area contributed by atoms with E-state index in [2.05, 4.69) is 18.9 Å². The number of aldehydes is 1. The summed E-state index contributed by atoms with van der Waals surface area (Å²) in [6.07, 6.45) is 0.803. The van der Waals surface area contributed by atoms with E-state index in [-0.39, 0.29) is 0 Å². The Bertz CT molecular complexity index is 559. The number of para-hydroxylation sites is 1. The smallest absolute Gasteiger partial charge is 0.227 e. The van der Waals surface area contributed by atoms with E-state index in [9.17, 15) is 4.79 Å². The molecule has 1 aromatic heterocycles. The first kappa shape index (κ1) is 13.3. The summed E-state index contributed by atoms with van der Waals surface area (Å²) in [7, 11) is 0. The lowest BCUT2D eigenvalue weighted by Gasteiger charge is -2.11. The number of nitrogens with zero attached hydrogens (tertiary/aromatic N) is 2. The van der Waals surface area contributed by atoms with Gasteiger partial charge in [-0.2, -0.15) is 5.10 Å². The van der Waals surface area contributed by atoms with Gasteiger partial charge in [-0.1, -0.05) is 32.0 Å². The Morgan fingerprint density at radius 2 is 2.00 bits per heavy atom. The highest BCUT2D eigenvalue weighted by molar-refractivity contribution is 5.80. The van der Waals surface area contributed by atoms with Gasteiger partial charge in [0, 0.05) is 0 Å². The van der Waals surface area contributed by atoms with Gasteiger partial charge in [0.1, 0.15) is 0 Å². The third kappa shape index (κ3) is 2.84. The average molecular weight is 258 g/mol. The van der Waals surface area contributed by atoms with Crippen molar-refractivity contribution in [3.63, 3.8) is 0 Å². The summed E-state index contributed by atoms with van der Waals surface area (Å²) in [6, 6.07) is 9.67. The highest BCUT2D eigenvalue weighted by Crippen LogP contribution is 2.24. The van der Waals surface area contributed by atoms with E-state index in [0.717, 1.165) is 12.0 Å². The van der Waals surface area contributed by atoms with Gasteiger partial charge in [0.25, 0.3) is 0 Å². The number of ether oxygens (including phenoxy) is 1. The zero-order valence-electron chi connectivity index (χ0n) is 11.5. The molecule has 0 saturated carbocycles. The molecule has 19 heavy (non-hydrogen) atoms. The average Bonchev–Trinajstić information content (AvgIpc) is 2.73. The van der Waals surface area contributed by atoms with Crippen LogP contribution in [0.1, 0.15) is 29.9 Å². The molecule has 0 unspecified atom stereocenters. The fraction of sp³-hybridized carbons (Fsp3) is 0.333. The largest absolute Gasteiger partial charge is 0.477 e. The van der Waals surface area contributed by atoms with Crippen molar-refractivity contribution in [1.82, 2.24) is 9.78 Å². The summed E-state index contributed by atoms with van der Waals surface area (Å²) in [5.74, 6) is 0.909. The summed E-state index contributed by atoms with van der Waals surface area (Å²) >= 11 is 0. The second-order valence-electron chi connectivity index (χ2n) is 4.87. The topological polar surface area (TPSA) is 44.1 Å². The third-order valence-electron chi connectivity index (χ3n) is 2.73. The summed E-state index contributed by atoms with van der Waals surface area (Å²) < 4.78 is 7.45. The van der Waals surface area contributed by atoms with E-state index in [4.69, 9.17) is 4.74 Å². The van der Waals surface area contributed by atoms with Crippen molar-refractivity contribution in [1.29, 1.82) is 0 Å². The predicted octanol–water partition coefficient (Wildman–Crippen LogP) is 3.03. The standard InChI is InChI=1S/C15H18N2O2/c1-11(2)10-19-15-14(9-18)12(3)16-17(15)13-7-5-4-6-8-13/h4-9,11H,10H2,1-3H3. The maximum atomic E-state index is 11.2. The number of carbonyl (C=O) groups is 1. The van der Waals surface area contributed by atoms with E-state index >= 15 is 0 Å². The molecule has 2 aromatic rings. The second-order valence-corrected chi connectivity index (χ2v) is 4.87. The van der Waals surface area contributed by atoms with E-state index in [1.165, 1.54) is 0 Å². The highest BCUT2D eigenvalue weighted by atomic mass is 16.5. The zero-order valence-corrected chi connectivity index (χ0v) is 11.5. The molecule has 0 radical (unpaired) electrons. The van der Waals surface area contributed by atoms with Crippen molar-refractivity contribution in [2.75, 3.05) is 6.61 Å². The third-order valence-corrected chi connectivity index (χ3v) is 2.73. The van der Waals surface area contributed by atoms with Crippen molar-refractivity contribution in [3.05, 3.63) is 41.6 Å². The van der Waals surface area contributed by atoms with E-state index in [1.54, 1.807) is 4.68 Å². The molecule has 4 nitrogen and oxygen atoms in total. The number of hydrogen-bond donors (Lipinski definition) is 0. The molecule has 0 atom stereocenters. The van der Waals surface area contributed by atoms with Crippen LogP contribution in [0.25, 0.3) is 5.69 Å². The van der Waals surface area contributed by atoms with Crippen molar-refractivity contribution in [2.45, 2.75) is 20.8 Å². The summed E-state index contributed by atoms with van der Waals surface area (Å²) in [6.45, 7) is 6.50. The lowest BCUT2D eigenvalue weighted by molar-refractivity contribution is 0.111. The molecule has 0 spiro atoms. The monoisotopic (exact) mass is 258 g/mol. The number of benzene rings is 1. The van der Waals surface area contributed by atoms with Crippen LogP contribution in [0.5, 0.6) is 5.88 Å². The van der Waals surface area contributed by atoms with Gasteiger partial charge in [0.15, 0.2) is 6.29 Å². The van der Waals surface area contributed by atoms with E-state index in [1.807, 2.05) is 37.3 Å². The van der Waals surface area contributed by atoms with Crippen LogP contribution in [-0.4, -0.2) is 22.7 Å². The summed E-state index contributed by atoms with van der Waals surface area (Å²) in [5, 5.41) is 4.39. The molecule has 4 heteroatoms. The molecule has 0 bridgehead atoms. The van der Waals surface area contributed by atoms with Crippen molar-refractivity contribution >= 4 is 6.29 Å². The molecule has 0 aliphatic carbocycles. The Labute approximate surface area is 113 Å². The minimum atomic E-state index is 0.388. The van der Waals surface area contributed by atoms with Gasteiger partial charge in [-0.05, 0) is 25.0 Å². The second kappa shape index (κ2) is 5.69. The minimum Gasteiger partial charge on any atom is -0.477 e. The molecule has 0 aliphatic heterocycles. The molecule has 0 N–H and O–H groups in total. The van der Waals surface area contributed by atoms with Crippen LogP contribution in [-0.2, 0) is 0 Å². The molecule has 0 amide bonds. The van der Waals surface area contributed by atoms with E-state index < -0.39 is 0 Å². The Morgan fingerprint density at radius 1 is 1.32 bits per heavy atom. The van der Waals surface area contributed by atoms with Crippen molar-refractivity contribution < 1.29 is 9.53 Å². The van der Waals surface area contributed by atoms with E-state index in [0.29, 0.717) is 29.7 Å². The Kier molecular flexibility index (Phi) is 4.00. The molecular formula is C15H18N2O2. The molecule has 2 rings (SSSR count). The van der Waals surface area contributed by atoms with Crippen LogP contribution in [0.4, 0.5) is 0 Å². The van der Waals surface area contributed by atoms with Gasteiger partial charge in [-0.3, -0.25) is 4.79 Å². The van der Waals surface area contributed by atoms with Gasteiger partial charge in [0.2, 0.25) is 5.88 Å². The molecule has 0 aliphatic rings. The number of rotatable bonds is 5. The lowest BCUT2D eigenvalue weighted by Crippen LogP contribution is -2.09. The van der Waals surface area contributed by atoms with Crippen LogP contribution in [0.3, 0.4) is 0 Å². The zero-order chi connectivity index (χ0) is 13.8. The van der Waals surface area contributed by atoms with Crippen LogP contribution < -0.4 is 4.74 Å². The van der Waals surface area contributed by atoms with Crippen LogP contribution in [0.15, 0.2) is 30.3 Å². The molecule has 1 aromatic carbocycles. The van der Waals surface area contributed by atoms with Crippen LogP contribution in [0, 0.1) is 12.8 Å². The Balaban J connectivity index is 2.45. The van der Waals surface area contributed by atoms with Gasteiger partial charge in [0.05, 0.1) is 23.6 Å². The normalized spacial score (nSPS) is 10.7. The number of hydrogen-bond acceptors (Lipinski definition) is 3. The molecule has 1 heterocycles. The maximum absolute atomic E-state index is 11.2. The number of aryl methyl sites for hydroxylation is 1. The highest BCUT2D eigenvalue weighted by Gasteiger charge is 2.17. The minimum absolute atomic E-state index is 0.388. The summed E-state index contributed by atoms with van der Waals surface area (Å²) in [4.78, 5) is 11.2.